The molecule has 1 aliphatic carbocycles. The lowest BCUT2D eigenvalue weighted by atomic mass is 9.93. The van der Waals surface area contributed by atoms with Gasteiger partial charge in [0.05, 0.1) is 36.2 Å². The van der Waals surface area contributed by atoms with Crippen LogP contribution in [0.25, 0.3) is 11.1 Å². The van der Waals surface area contributed by atoms with Gasteiger partial charge in [0.2, 0.25) is 0 Å². The molecule has 0 radical (unpaired) electrons. The van der Waals surface area contributed by atoms with Crippen LogP contribution in [0, 0.1) is 0 Å². The third-order valence-electron chi connectivity index (χ3n) is 9.18. The normalized spacial score (nSPS) is 16.7. The van der Waals surface area contributed by atoms with E-state index in [1.807, 2.05) is 11.8 Å². The summed E-state index contributed by atoms with van der Waals surface area (Å²) in [5.74, 6) is 1.18. The van der Waals surface area contributed by atoms with Crippen LogP contribution in [-0.2, 0) is 28.9 Å². The van der Waals surface area contributed by atoms with Gasteiger partial charge >= 0.3 is 5.97 Å². The molecule has 2 aromatic carbocycles. The predicted octanol–water partition coefficient (Wildman–Crippen LogP) is 6.13. The summed E-state index contributed by atoms with van der Waals surface area (Å²) in [4.78, 5) is 43.8. The lowest BCUT2D eigenvalue weighted by Crippen LogP contribution is -2.50. The number of aryl methyl sites for hydroxylation is 1. The molecule has 9 heteroatoms. The lowest BCUT2D eigenvalue weighted by Gasteiger charge is -2.40. The maximum absolute atomic E-state index is 13.7. The molecule has 244 valence electrons. The molecule has 0 atom stereocenters. The fourth-order valence-corrected chi connectivity index (χ4v) is 6.80. The summed E-state index contributed by atoms with van der Waals surface area (Å²) in [6, 6.07) is 17.2. The van der Waals surface area contributed by atoms with Crippen LogP contribution in [0.3, 0.4) is 0 Å². The molecular formula is C37H45N3O6. The van der Waals surface area contributed by atoms with Crippen LogP contribution in [0.1, 0.15) is 95.1 Å². The third kappa shape index (κ3) is 7.41. The van der Waals surface area contributed by atoms with Crippen molar-refractivity contribution in [1.29, 1.82) is 0 Å². The monoisotopic (exact) mass is 627 g/mol. The zero-order chi connectivity index (χ0) is 32.6. The molecule has 6 rings (SSSR count). The fourth-order valence-electron chi connectivity index (χ4n) is 6.80. The molecule has 9 nitrogen and oxygen atoms in total. The topological polar surface area (TPSA) is 109 Å². The van der Waals surface area contributed by atoms with Gasteiger partial charge in [-0.1, -0.05) is 43.7 Å². The van der Waals surface area contributed by atoms with Crippen molar-refractivity contribution in [2.45, 2.75) is 77.3 Å². The van der Waals surface area contributed by atoms with Crippen LogP contribution in [0.5, 0.6) is 5.75 Å². The highest BCUT2D eigenvalue weighted by molar-refractivity contribution is 6.00. The average Bonchev–Trinajstić information content (AvgIpc) is 3.92. The minimum atomic E-state index is -0.426. The van der Waals surface area contributed by atoms with E-state index in [1.165, 1.54) is 42.2 Å². The third-order valence-corrected chi connectivity index (χ3v) is 9.18. The van der Waals surface area contributed by atoms with E-state index >= 15 is 0 Å². The van der Waals surface area contributed by atoms with Crippen LogP contribution in [0.4, 0.5) is 0 Å². The van der Waals surface area contributed by atoms with Gasteiger partial charge in [-0.2, -0.15) is 0 Å². The molecule has 2 aliphatic heterocycles. The number of carboxylic acid groups (broad SMARTS) is 1. The van der Waals surface area contributed by atoms with Gasteiger partial charge in [0.1, 0.15) is 5.75 Å². The van der Waals surface area contributed by atoms with Gasteiger partial charge < -0.3 is 19.5 Å². The second-order valence-corrected chi connectivity index (χ2v) is 12.2. The molecule has 3 heterocycles. The molecule has 0 spiro atoms. The quantitative estimate of drug-likeness (QED) is 0.211. The van der Waals surface area contributed by atoms with Crippen molar-refractivity contribution >= 4 is 18.3 Å². The lowest BCUT2D eigenvalue weighted by molar-refractivity contribution is -0.122. The molecular weight excluding hydrogens is 582 g/mol. The van der Waals surface area contributed by atoms with Crippen molar-refractivity contribution in [2.24, 2.45) is 0 Å². The molecule has 1 saturated heterocycles. The number of hydrogen-bond acceptors (Lipinski definition) is 7. The van der Waals surface area contributed by atoms with E-state index < -0.39 is 5.97 Å². The summed E-state index contributed by atoms with van der Waals surface area (Å²) >= 11 is 0. The van der Waals surface area contributed by atoms with E-state index in [2.05, 4.69) is 54.3 Å². The van der Waals surface area contributed by atoms with Gasteiger partial charge in [-0.3, -0.25) is 19.5 Å². The van der Waals surface area contributed by atoms with Crippen molar-refractivity contribution in [3.8, 4) is 16.9 Å². The number of carbonyl (C=O) groups excluding carboxylic acids is 2. The Balaban J connectivity index is 0.00000134. The van der Waals surface area contributed by atoms with Crippen molar-refractivity contribution in [3.05, 3.63) is 82.2 Å². The van der Waals surface area contributed by atoms with Crippen LogP contribution in [-0.4, -0.2) is 77.6 Å². The number of piperidine rings is 1. The minimum absolute atomic E-state index is 0.00962. The van der Waals surface area contributed by atoms with Gasteiger partial charge in [-0.25, -0.2) is 4.79 Å². The van der Waals surface area contributed by atoms with Crippen molar-refractivity contribution in [1.82, 2.24) is 14.8 Å². The van der Waals surface area contributed by atoms with Crippen molar-refractivity contribution in [2.75, 3.05) is 33.4 Å². The maximum atomic E-state index is 13.7. The Morgan fingerprint density at radius 2 is 1.74 bits per heavy atom. The molecule has 1 aromatic heterocycles. The number of aromatic nitrogens is 1. The van der Waals surface area contributed by atoms with Gasteiger partial charge in [-0.05, 0) is 79.8 Å². The van der Waals surface area contributed by atoms with E-state index in [-0.39, 0.29) is 18.4 Å². The van der Waals surface area contributed by atoms with Crippen LogP contribution in [0.15, 0.2) is 48.5 Å². The van der Waals surface area contributed by atoms with E-state index in [0.717, 1.165) is 62.5 Å². The Hall–Kier alpha value is -4.24. The van der Waals surface area contributed by atoms with E-state index in [4.69, 9.17) is 24.4 Å². The Labute approximate surface area is 271 Å². The minimum Gasteiger partial charge on any atom is -0.494 e. The standard InChI is InChI=1S/C36H43N3O4.CH2O2/c1-4-9-32-31(36(41)42-3)21-30-33(37-32)16-19-39(35(30)40)27-14-17-38(18-15-27)23-26-20-28(25-12-13-25)29(22-34(26)43-5-2)24-10-7-6-8-11-24;2-1-3/h6-8,10-11,20-22,25,27H,4-5,9,12-19,23H2,1-3H3;1H,(H,2,3). The van der Waals surface area contributed by atoms with Crippen LogP contribution >= 0.6 is 0 Å². The van der Waals surface area contributed by atoms with E-state index in [1.54, 1.807) is 6.07 Å². The van der Waals surface area contributed by atoms with E-state index in [9.17, 15) is 9.59 Å². The second-order valence-electron chi connectivity index (χ2n) is 12.2. The number of methoxy groups -OCH3 is 1. The molecule has 1 amide bonds. The van der Waals surface area contributed by atoms with Crippen LogP contribution < -0.4 is 4.74 Å². The molecule has 3 aliphatic rings. The van der Waals surface area contributed by atoms with Crippen LogP contribution in [0.2, 0.25) is 0 Å². The Kier molecular flexibility index (Phi) is 11.1. The number of amides is 1. The molecule has 46 heavy (non-hydrogen) atoms. The first-order valence-corrected chi connectivity index (χ1v) is 16.5. The number of carbonyl (C=O) groups is 3. The van der Waals surface area contributed by atoms with Gasteiger partial charge in [0.25, 0.3) is 12.4 Å². The van der Waals surface area contributed by atoms with Crippen molar-refractivity contribution < 1.29 is 29.0 Å². The summed E-state index contributed by atoms with van der Waals surface area (Å²) in [6.07, 6.45) is 6.64. The number of hydrogen-bond donors (Lipinski definition) is 1. The highest BCUT2D eigenvalue weighted by Crippen LogP contribution is 2.46. The summed E-state index contributed by atoms with van der Waals surface area (Å²) in [5, 5.41) is 6.89. The highest BCUT2D eigenvalue weighted by Gasteiger charge is 2.35. The smallest absolute Gasteiger partial charge is 0.339 e. The molecule has 1 saturated carbocycles. The van der Waals surface area contributed by atoms with Gasteiger partial charge in [0.15, 0.2) is 0 Å². The van der Waals surface area contributed by atoms with E-state index in [0.29, 0.717) is 36.6 Å². The average molecular weight is 628 g/mol. The fraction of sp³-hybridized carbons (Fsp3) is 0.459. The molecule has 1 N–H and O–H groups in total. The number of nitrogens with zero attached hydrogens (tertiary/aromatic N) is 3. The van der Waals surface area contributed by atoms with Gasteiger partial charge in [0, 0.05) is 44.2 Å². The number of rotatable bonds is 10. The predicted molar refractivity (Wildman–Crippen MR) is 176 cm³/mol. The van der Waals surface area contributed by atoms with Gasteiger partial charge in [-0.15, -0.1) is 0 Å². The summed E-state index contributed by atoms with van der Waals surface area (Å²) in [6.45, 7) is 7.86. The first kappa shape index (κ1) is 33.1. The first-order chi connectivity index (χ1) is 22.4. The Morgan fingerprint density at radius 3 is 2.37 bits per heavy atom. The molecule has 0 unspecified atom stereocenters. The maximum Gasteiger partial charge on any atom is 0.339 e. The summed E-state index contributed by atoms with van der Waals surface area (Å²) in [5.41, 5.74) is 7.77. The number of esters is 1. The first-order valence-electron chi connectivity index (χ1n) is 16.5. The molecule has 3 aromatic rings. The number of ether oxygens (including phenoxy) is 2. The summed E-state index contributed by atoms with van der Waals surface area (Å²) in [7, 11) is 1.38. The largest absolute Gasteiger partial charge is 0.494 e. The van der Waals surface area contributed by atoms with Crippen molar-refractivity contribution in [3.63, 3.8) is 0 Å². The zero-order valence-corrected chi connectivity index (χ0v) is 27.2. The Morgan fingerprint density at radius 1 is 1.02 bits per heavy atom. The Bertz CT molecular complexity index is 1530. The highest BCUT2D eigenvalue weighted by atomic mass is 16.5. The summed E-state index contributed by atoms with van der Waals surface area (Å²) < 4.78 is 11.2. The molecule has 2 fully saturated rings. The second kappa shape index (κ2) is 15.4. The zero-order valence-electron chi connectivity index (χ0n) is 27.2. The number of likely N-dealkylation sites (tertiary alicyclic amines) is 1. The number of pyridine rings is 1. The molecule has 0 bridgehead atoms. The number of benzene rings is 2. The number of fused-ring (bicyclic) bond motifs is 1. The SMILES string of the molecule is CCCc1nc2c(cc1C(=O)OC)C(=O)N(C1CCN(Cc3cc(C4CC4)c(-c4ccccc4)cc3OCC)CC1)CC2.O=CO.